The monoisotopic (exact) mass is 219 g/mol. The molecule has 2 nitrogen and oxygen atoms in total. The lowest BCUT2D eigenvalue weighted by Crippen LogP contribution is -2.50. The van der Waals surface area contributed by atoms with Crippen LogP contribution >= 0.6 is 0 Å². The van der Waals surface area contributed by atoms with Crippen LogP contribution in [0.2, 0.25) is 0 Å². The lowest BCUT2D eigenvalue weighted by atomic mass is 9.77. The Hall–Kier alpha value is -1.02. The third-order valence-corrected chi connectivity index (χ3v) is 3.79. The molecule has 1 aromatic rings. The number of fused-ring (bicyclic) bond motifs is 1. The number of rotatable bonds is 0. The first-order chi connectivity index (χ1) is 7.34. The number of aryl methyl sites for hydroxylation is 2. The summed E-state index contributed by atoms with van der Waals surface area (Å²) in [7, 11) is 0. The summed E-state index contributed by atoms with van der Waals surface area (Å²) in [6.45, 7) is 10.4. The molecule has 1 aliphatic rings. The van der Waals surface area contributed by atoms with Crippen molar-refractivity contribution in [2.75, 3.05) is 5.32 Å². The lowest BCUT2D eigenvalue weighted by molar-refractivity contribution is 0.0866. The molecule has 0 aliphatic carbocycles. The fourth-order valence-corrected chi connectivity index (χ4v) is 2.76. The van der Waals surface area contributed by atoms with Gasteiger partial charge in [0.1, 0.15) is 0 Å². The van der Waals surface area contributed by atoms with Crippen LogP contribution in [-0.4, -0.2) is 16.7 Å². The van der Waals surface area contributed by atoms with Gasteiger partial charge in [0.2, 0.25) is 0 Å². The number of nitrogens with one attached hydrogen (secondary N) is 1. The summed E-state index contributed by atoms with van der Waals surface area (Å²) in [4.78, 5) is 0. The van der Waals surface area contributed by atoms with Gasteiger partial charge in [-0.3, -0.25) is 0 Å². The van der Waals surface area contributed by atoms with E-state index >= 15 is 0 Å². The molecular formula is C14H21NO. The molecule has 0 saturated heterocycles. The first-order valence-electron chi connectivity index (χ1n) is 5.91. The fourth-order valence-electron chi connectivity index (χ4n) is 2.76. The largest absolute Gasteiger partial charge is 0.390 e. The number of aliphatic hydroxyl groups excluding tert-OH is 1. The second-order valence-corrected chi connectivity index (χ2v) is 5.57. The smallest absolute Gasteiger partial charge is 0.0830 e. The second-order valence-electron chi connectivity index (χ2n) is 5.57. The number of hydrogen-bond acceptors (Lipinski definition) is 2. The zero-order valence-corrected chi connectivity index (χ0v) is 10.8. The summed E-state index contributed by atoms with van der Waals surface area (Å²) in [5, 5.41) is 13.8. The van der Waals surface area contributed by atoms with Gasteiger partial charge >= 0.3 is 0 Å². The fraction of sp³-hybridized carbons (Fsp3) is 0.571. The quantitative estimate of drug-likeness (QED) is 0.703. The molecule has 1 aliphatic heterocycles. The van der Waals surface area contributed by atoms with Gasteiger partial charge < -0.3 is 10.4 Å². The van der Waals surface area contributed by atoms with Gasteiger partial charge in [-0.1, -0.05) is 19.1 Å². The number of aliphatic hydroxyl groups is 1. The maximum absolute atomic E-state index is 10.3. The molecule has 0 bridgehead atoms. The molecule has 88 valence electrons. The van der Waals surface area contributed by atoms with Crippen molar-refractivity contribution in [3.8, 4) is 0 Å². The normalized spacial score (nSPS) is 27.1. The Morgan fingerprint density at radius 3 is 2.38 bits per heavy atom. The number of anilines is 1. The minimum atomic E-state index is -0.347. The van der Waals surface area contributed by atoms with E-state index in [4.69, 9.17) is 0 Å². The Bertz CT molecular complexity index is 423. The van der Waals surface area contributed by atoms with Gasteiger partial charge in [0.05, 0.1) is 11.6 Å². The highest BCUT2D eigenvalue weighted by Crippen LogP contribution is 2.42. The van der Waals surface area contributed by atoms with Crippen molar-refractivity contribution in [2.24, 2.45) is 0 Å². The van der Waals surface area contributed by atoms with Gasteiger partial charge in [-0.15, -0.1) is 0 Å². The lowest BCUT2D eigenvalue weighted by Gasteiger charge is -2.43. The minimum absolute atomic E-state index is 0.186. The molecule has 0 radical (unpaired) electrons. The summed E-state index contributed by atoms with van der Waals surface area (Å²) in [5.41, 5.74) is 4.74. The van der Waals surface area contributed by atoms with E-state index in [1.165, 1.54) is 22.4 Å². The van der Waals surface area contributed by atoms with Crippen molar-refractivity contribution in [1.29, 1.82) is 0 Å². The molecule has 0 unspecified atom stereocenters. The number of hydrogen-bond donors (Lipinski definition) is 2. The maximum atomic E-state index is 10.3. The van der Waals surface area contributed by atoms with E-state index in [0.29, 0.717) is 0 Å². The summed E-state index contributed by atoms with van der Waals surface area (Å²) in [5.74, 6) is 0.186. The van der Waals surface area contributed by atoms with Crippen LogP contribution in [0.25, 0.3) is 0 Å². The molecule has 2 rings (SSSR count). The Balaban J connectivity index is 2.63. The van der Waals surface area contributed by atoms with E-state index < -0.39 is 0 Å². The Morgan fingerprint density at radius 1 is 1.19 bits per heavy atom. The van der Waals surface area contributed by atoms with Crippen LogP contribution in [-0.2, 0) is 0 Å². The topological polar surface area (TPSA) is 32.3 Å². The van der Waals surface area contributed by atoms with Crippen molar-refractivity contribution < 1.29 is 5.11 Å². The average Bonchev–Trinajstić information content (AvgIpc) is 2.20. The average molecular weight is 219 g/mol. The molecule has 0 amide bonds. The van der Waals surface area contributed by atoms with Gasteiger partial charge in [-0.2, -0.15) is 0 Å². The van der Waals surface area contributed by atoms with Crippen molar-refractivity contribution in [3.05, 3.63) is 28.8 Å². The van der Waals surface area contributed by atoms with Crippen LogP contribution in [0.15, 0.2) is 12.1 Å². The van der Waals surface area contributed by atoms with Crippen molar-refractivity contribution in [3.63, 3.8) is 0 Å². The standard InChI is InChI=1S/C14H21NO/c1-8-6-7-9(2)12-11(8)10(3)13(16)14(4,5)15-12/h6-7,10,13,15-16H,1-5H3/t10-,13+/m1/s1. The van der Waals surface area contributed by atoms with E-state index in [9.17, 15) is 5.11 Å². The number of benzene rings is 1. The highest BCUT2D eigenvalue weighted by atomic mass is 16.3. The van der Waals surface area contributed by atoms with Crippen LogP contribution in [0.5, 0.6) is 0 Å². The van der Waals surface area contributed by atoms with Crippen LogP contribution < -0.4 is 5.32 Å². The van der Waals surface area contributed by atoms with Gasteiger partial charge in [0.25, 0.3) is 0 Å². The molecule has 0 saturated carbocycles. The Morgan fingerprint density at radius 2 is 1.75 bits per heavy atom. The Kier molecular flexibility index (Phi) is 2.50. The van der Waals surface area contributed by atoms with Crippen LogP contribution in [0, 0.1) is 13.8 Å². The van der Waals surface area contributed by atoms with E-state index in [2.05, 4.69) is 52.1 Å². The third kappa shape index (κ3) is 1.52. The maximum Gasteiger partial charge on any atom is 0.0830 e. The van der Waals surface area contributed by atoms with Crippen LogP contribution in [0.4, 0.5) is 5.69 Å². The highest BCUT2D eigenvalue weighted by Gasteiger charge is 2.39. The summed E-state index contributed by atoms with van der Waals surface area (Å²) >= 11 is 0. The second kappa shape index (κ2) is 3.49. The zero-order chi connectivity index (χ0) is 12.1. The van der Waals surface area contributed by atoms with Gasteiger partial charge in [0.15, 0.2) is 0 Å². The first-order valence-corrected chi connectivity index (χ1v) is 5.91. The van der Waals surface area contributed by atoms with E-state index in [0.717, 1.165) is 0 Å². The predicted molar refractivity (Wildman–Crippen MR) is 68.0 cm³/mol. The SMILES string of the molecule is Cc1ccc(C)c2c1NC(C)(C)[C@@H](O)[C@@H]2C. The van der Waals surface area contributed by atoms with Crippen LogP contribution in [0.3, 0.4) is 0 Å². The third-order valence-electron chi connectivity index (χ3n) is 3.79. The summed E-state index contributed by atoms with van der Waals surface area (Å²) in [6, 6.07) is 4.28. The molecule has 0 spiro atoms. The molecular weight excluding hydrogens is 198 g/mol. The predicted octanol–water partition coefficient (Wildman–Crippen LogP) is 2.97. The van der Waals surface area contributed by atoms with E-state index in [-0.39, 0.29) is 17.6 Å². The Labute approximate surface area is 97.7 Å². The van der Waals surface area contributed by atoms with Crippen molar-refractivity contribution >= 4 is 5.69 Å². The van der Waals surface area contributed by atoms with E-state index in [1.807, 2.05) is 0 Å². The molecule has 0 aromatic heterocycles. The molecule has 1 heterocycles. The molecule has 2 N–H and O–H groups in total. The van der Waals surface area contributed by atoms with E-state index in [1.54, 1.807) is 0 Å². The zero-order valence-electron chi connectivity index (χ0n) is 10.8. The molecule has 16 heavy (non-hydrogen) atoms. The first kappa shape index (κ1) is 11.5. The van der Waals surface area contributed by atoms with Crippen molar-refractivity contribution in [2.45, 2.75) is 52.2 Å². The van der Waals surface area contributed by atoms with Gasteiger partial charge in [0, 0.05) is 11.6 Å². The molecule has 1 aromatic carbocycles. The molecule has 2 atom stereocenters. The minimum Gasteiger partial charge on any atom is -0.390 e. The summed E-state index contributed by atoms with van der Waals surface area (Å²) < 4.78 is 0. The summed E-state index contributed by atoms with van der Waals surface area (Å²) in [6.07, 6.45) is -0.347. The van der Waals surface area contributed by atoms with Crippen molar-refractivity contribution in [1.82, 2.24) is 0 Å². The van der Waals surface area contributed by atoms with Gasteiger partial charge in [-0.05, 0) is 44.4 Å². The van der Waals surface area contributed by atoms with Gasteiger partial charge in [-0.25, -0.2) is 0 Å². The molecule has 2 heteroatoms. The highest BCUT2D eigenvalue weighted by molar-refractivity contribution is 5.65. The molecule has 0 fully saturated rings. The van der Waals surface area contributed by atoms with Crippen LogP contribution in [0.1, 0.15) is 43.4 Å².